The molecule has 2 aromatic rings. The van der Waals surface area contributed by atoms with Crippen molar-refractivity contribution in [3.8, 4) is 17.7 Å². The third-order valence-electron chi connectivity index (χ3n) is 2.86. The summed E-state index contributed by atoms with van der Waals surface area (Å²) in [6, 6.07) is 12.6. The van der Waals surface area contributed by atoms with Crippen molar-refractivity contribution in [1.29, 1.82) is 5.26 Å². The van der Waals surface area contributed by atoms with Crippen LogP contribution in [-0.4, -0.2) is 11.6 Å². The number of hydrogen-bond acceptors (Lipinski definition) is 4. The zero-order valence-electron chi connectivity index (χ0n) is 11.9. The van der Waals surface area contributed by atoms with Gasteiger partial charge in [-0.05, 0) is 12.5 Å². The summed E-state index contributed by atoms with van der Waals surface area (Å²) in [5.74, 6) is 0.0631. The molecule has 0 saturated carbocycles. The van der Waals surface area contributed by atoms with Crippen molar-refractivity contribution in [3.63, 3.8) is 0 Å². The molecule has 6 heteroatoms. The first kappa shape index (κ1) is 15.7. The fourth-order valence-corrected chi connectivity index (χ4v) is 1.93. The van der Waals surface area contributed by atoms with Crippen LogP contribution in [-0.2, 0) is 13.0 Å². The van der Waals surface area contributed by atoms with Crippen LogP contribution in [0, 0.1) is 18.3 Å². The van der Waals surface area contributed by atoms with Crippen molar-refractivity contribution in [2.45, 2.75) is 26.6 Å². The second kappa shape index (κ2) is 7.36. The second-order valence-electron chi connectivity index (χ2n) is 4.53. The predicted molar refractivity (Wildman–Crippen MR) is 75.7 cm³/mol. The quantitative estimate of drug-likeness (QED) is 0.817. The molecule has 1 heterocycles. The summed E-state index contributed by atoms with van der Waals surface area (Å²) in [4.78, 5) is 4.18. The fraction of sp³-hybridized carbons (Fsp3) is 0.250. The number of aryl methyl sites for hydroxylation is 1. The molecule has 0 aliphatic rings. The Morgan fingerprint density at radius 1 is 1.27 bits per heavy atom. The van der Waals surface area contributed by atoms with Gasteiger partial charge in [-0.15, -0.1) is 0 Å². The highest BCUT2D eigenvalue weighted by molar-refractivity contribution is 5.43. The number of halogens is 2. The largest absolute Gasteiger partial charge is 0.472 e. The Morgan fingerprint density at radius 2 is 2.00 bits per heavy atom. The minimum atomic E-state index is -2.97. The molecule has 0 aliphatic carbocycles. The van der Waals surface area contributed by atoms with Crippen LogP contribution in [0.25, 0.3) is 0 Å². The lowest BCUT2D eigenvalue weighted by Crippen LogP contribution is -2.08. The van der Waals surface area contributed by atoms with E-state index in [0.717, 1.165) is 5.56 Å². The molecular weight excluding hydrogens is 290 g/mol. The number of rotatable bonds is 6. The molecule has 0 spiro atoms. The van der Waals surface area contributed by atoms with Gasteiger partial charge in [0.05, 0.1) is 18.1 Å². The maximum absolute atomic E-state index is 12.5. The summed E-state index contributed by atoms with van der Waals surface area (Å²) >= 11 is 0. The number of aromatic nitrogens is 1. The lowest BCUT2D eigenvalue weighted by Gasteiger charge is -2.14. The van der Waals surface area contributed by atoms with Crippen LogP contribution in [0.1, 0.15) is 16.8 Å². The van der Waals surface area contributed by atoms with Crippen LogP contribution < -0.4 is 9.47 Å². The van der Waals surface area contributed by atoms with Crippen molar-refractivity contribution < 1.29 is 18.3 Å². The third-order valence-corrected chi connectivity index (χ3v) is 2.86. The van der Waals surface area contributed by atoms with Crippen LogP contribution in [0.2, 0.25) is 0 Å². The molecule has 2 rings (SSSR count). The molecule has 0 amide bonds. The van der Waals surface area contributed by atoms with E-state index in [-0.39, 0.29) is 30.2 Å². The Balaban J connectivity index is 2.28. The van der Waals surface area contributed by atoms with Crippen molar-refractivity contribution in [2.24, 2.45) is 0 Å². The molecule has 4 nitrogen and oxygen atoms in total. The van der Waals surface area contributed by atoms with Crippen LogP contribution >= 0.6 is 0 Å². The van der Waals surface area contributed by atoms with Gasteiger partial charge in [0, 0.05) is 11.8 Å². The molecular formula is C16H14F2N2O2. The summed E-state index contributed by atoms with van der Waals surface area (Å²) in [7, 11) is 0. The van der Waals surface area contributed by atoms with Crippen LogP contribution in [0.3, 0.4) is 0 Å². The van der Waals surface area contributed by atoms with E-state index in [0.29, 0.717) is 5.69 Å². The first-order chi connectivity index (χ1) is 10.6. The summed E-state index contributed by atoms with van der Waals surface area (Å²) in [5.41, 5.74) is 1.61. The molecule has 0 N–H and O–H groups in total. The Labute approximate surface area is 126 Å². The van der Waals surface area contributed by atoms with E-state index in [1.54, 1.807) is 6.92 Å². The number of alkyl halides is 2. The number of ether oxygens (including phenoxy) is 2. The van der Waals surface area contributed by atoms with Crippen molar-refractivity contribution in [1.82, 2.24) is 4.98 Å². The Kier molecular flexibility index (Phi) is 5.26. The maximum atomic E-state index is 12.5. The summed E-state index contributed by atoms with van der Waals surface area (Å²) in [6.45, 7) is -1.10. The van der Waals surface area contributed by atoms with E-state index in [1.165, 1.54) is 6.07 Å². The lowest BCUT2D eigenvalue weighted by atomic mass is 10.1. The molecule has 114 valence electrons. The van der Waals surface area contributed by atoms with Gasteiger partial charge in [0.25, 0.3) is 0 Å². The molecule has 0 atom stereocenters. The van der Waals surface area contributed by atoms with Crippen molar-refractivity contribution in [3.05, 3.63) is 53.2 Å². The molecule has 0 unspecified atom stereocenters. The number of pyridine rings is 1. The first-order valence-electron chi connectivity index (χ1n) is 6.59. The maximum Gasteiger partial charge on any atom is 0.387 e. The highest BCUT2D eigenvalue weighted by Crippen LogP contribution is 2.30. The number of benzene rings is 1. The highest BCUT2D eigenvalue weighted by atomic mass is 19.3. The number of nitriles is 1. The Bertz CT molecular complexity index is 670. The van der Waals surface area contributed by atoms with Gasteiger partial charge in [0.1, 0.15) is 12.4 Å². The van der Waals surface area contributed by atoms with Crippen molar-refractivity contribution in [2.75, 3.05) is 0 Å². The topological polar surface area (TPSA) is 55.1 Å². The monoisotopic (exact) mass is 304 g/mol. The van der Waals surface area contributed by atoms with Gasteiger partial charge >= 0.3 is 6.61 Å². The van der Waals surface area contributed by atoms with Gasteiger partial charge < -0.3 is 9.47 Å². The third kappa shape index (κ3) is 4.16. The first-order valence-corrected chi connectivity index (χ1v) is 6.59. The average molecular weight is 304 g/mol. The zero-order valence-corrected chi connectivity index (χ0v) is 11.9. The predicted octanol–water partition coefficient (Wildman–Crippen LogP) is 3.64. The van der Waals surface area contributed by atoms with E-state index in [4.69, 9.17) is 10.00 Å². The molecule has 0 fully saturated rings. The van der Waals surface area contributed by atoms with Crippen LogP contribution in [0.4, 0.5) is 8.78 Å². The molecule has 22 heavy (non-hydrogen) atoms. The van der Waals surface area contributed by atoms with Gasteiger partial charge in [-0.2, -0.15) is 14.0 Å². The van der Waals surface area contributed by atoms with Gasteiger partial charge in [-0.3, -0.25) is 0 Å². The normalized spacial score (nSPS) is 10.3. The molecule has 0 radical (unpaired) electrons. The molecule has 0 bridgehead atoms. The van der Waals surface area contributed by atoms with Crippen LogP contribution in [0.15, 0.2) is 36.4 Å². The van der Waals surface area contributed by atoms with E-state index in [1.807, 2.05) is 36.4 Å². The Hall–Kier alpha value is -2.68. The molecule has 1 aromatic carbocycles. The van der Waals surface area contributed by atoms with E-state index >= 15 is 0 Å². The SMILES string of the molecule is Cc1cc(OC(F)F)c(CC#N)c(OCc2ccccc2)n1. The van der Waals surface area contributed by atoms with E-state index in [9.17, 15) is 8.78 Å². The smallest absolute Gasteiger partial charge is 0.387 e. The minimum Gasteiger partial charge on any atom is -0.472 e. The second-order valence-corrected chi connectivity index (χ2v) is 4.53. The van der Waals surface area contributed by atoms with Gasteiger partial charge in [-0.1, -0.05) is 30.3 Å². The van der Waals surface area contributed by atoms with Gasteiger partial charge in [0.2, 0.25) is 5.88 Å². The Morgan fingerprint density at radius 3 is 2.64 bits per heavy atom. The average Bonchev–Trinajstić information content (AvgIpc) is 2.48. The fourth-order valence-electron chi connectivity index (χ4n) is 1.93. The van der Waals surface area contributed by atoms with E-state index < -0.39 is 6.61 Å². The summed E-state index contributed by atoms with van der Waals surface area (Å²) in [5, 5.41) is 8.88. The van der Waals surface area contributed by atoms with Gasteiger partial charge in [-0.25, -0.2) is 4.98 Å². The molecule has 0 aliphatic heterocycles. The van der Waals surface area contributed by atoms with Crippen molar-refractivity contribution >= 4 is 0 Å². The molecule has 0 saturated heterocycles. The number of hydrogen-bond donors (Lipinski definition) is 0. The van der Waals surface area contributed by atoms with Crippen LogP contribution in [0.5, 0.6) is 11.6 Å². The summed E-state index contributed by atoms with van der Waals surface area (Å²) < 4.78 is 35.0. The lowest BCUT2D eigenvalue weighted by molar-refractivity contribution is -0.0506. The standard InChI is InChI=1S/C16H14F2N2O2/c1-11-9-14(22-16(17)18)13(7-8-19)15(20-11)21-10-12-5-3-2-4-6-12/h2-6,9,16H,7,10H2,1H3. The van der Waals surface area contributed by atoms with Gasteiger partial charge in [0.15, 0.2) is 0 Å². The number of nitrogens with zero attached hydrogens (tertiary/aromatic N) is 2. The highest BCUT2D eigenvalue weighted by Gasteiger charge is 2.17. The molecule has 1 aromatic heterocycles. The van der Waals surface area contributed by atoms with E-state index in [2.05, 4.69) is 9.72 Å². The minimum absolute atomic E-state index is 0.0767. The summed E-state index contributed by atoms with van der Waals surface area (Å²) in [6.07, 6.45) is -0.126. The zero-order chi connectivity index (χ0) is 15.9.